The summed E-state index contributed by atoms with van der Waals surface area (Å²) in [6.07, 6.45) is 1.89. The van der Waals surface area contributed by atoms with Crippen molar-refractivity contribution in [3.63, 3.8) is 0 Å². The lowest BCUT2D eigenvalue weighted by atomic mass is 10.2. The van der Waals surface area contributed by atoms with E-state index in [1.807, 2.05) is 0 Å². The first kappa shape index (κ1) is 19.3. The van der Waals surface area contributed by atoms with Gasteiger partial charge in [0.05, 0.1) is 29.5 Å². The average molecular weight is 406 g/mol. The summed E-state index contributed by atoms with van der Waals surface area (Å²) in [5, 5.41) is 5.33. The Hall–Kier alpha value is -3.47. The molecule has 2 aromatic carbocycles. The molecule has 5 N–H and O–H groups in total. The lowest BCUT2D eigenvalue weighted by molar-refractivity contribution is 0.607. The van der Waals surface area contributed by atoms with Gasteiger partial charge in [0, 0.05) is 5.69 Å². The minimum Gasteiger partial charge on any atom is -0.399 e. The molecule has 0 aliphatic carbocycles. The van der Waals surface area contributed by atoms with Gasteiger partial charge in [0.25, 0.3) is 0 Å². The maximum atomic E-state index is 14.2. The third-order valence-electron chi connectivity index (χ3n) is 3.46. The van der Waals surface area contributed by atoms with Crippen LogP contribution in [0.3, 0.4) is 0 Å². The van der Waals surface area contributed by atoms with Crippen LogP contribution < -0.4 is 21.1 Å². The Bertz CT molecular complexity index is 1120. The summed E-state index contributed by atoms with van der Waals surface area (Å²) >= 11 is 0. The van der Waals surface area contributed by atoms with Crippen molar-refractivity contribution >= 4 is 44.5 Å². The van der Waals surface area contributed by atoms with Crippen LogP contribution in [0.2, 0.25) is 0 Å². The van der Waals surface area contributed by atoms with Gasteiger partial charge >= 0.3 is 0 Å². The molecule has 0 atom stereocenters. The Morgan fingerprint density at radius 3 is 2.39 bits per heavy atom. The molecule has 0 aliphatic heterocycles. The normalized spacial score (nSPS) is 11.1. The first-order valence-corrected chi connectivity index (χ1v) is 9.79. The van der Waals surface area contributed by atoms with Crippen LogP contribution in [0.15, 0.2) is 48.7 Å². The molecule has 0 radical (unpaired) electrons. The average Bonchev–Trinajstić information content (AvgIpc) is 2.61. The third kappa shape index (κ3) is 4.82. The lowest BCUT2D eigenvalue weighted by Crippen LogP contribution is -2.11. The third-order valence-corrected chi connectivity index (χ3v) is 4.05. The number of nitrogens with two attached hydrogens (primary N) is 1. The molecule has 28 heavy (non-hydrogen) atoms. The van der Waals surface area contributed by atoms with Gasteiger partial charge in [-0.15, -0.1) is 0 Å². The topological polar surface area (TPSA) is 122 Å². The molecule has 0 saturated heterocycles. The maximum absolute atomic E-state index is 14.2. The number of benzene rings is 2. The Labute approximate surface area is 159 Å². The number of halogens is 2. The summed E-state index contributed by atoms with van der Waals surface area (Å²) in [7, 11) is -3.54. The fourth-order valence-corrected chi connectivity index (χ4v) is 2.86. The van der Waals surface area contributed by atoms with Crippen molar-refractivity contribution in [3.05, 3.63) is 60.3 Å². The van der Waals surface area contributed by atoms with E-state index in [9.17, 15) is 17.2 Å². The van der Waals surface area contributed by atoms with Gasteiger partial charge in [0.1, 0.15) is 5.82 Å². The van der Waals surface area contributed by atoms with Crippen molar-refractivity contribution in [2.45, 2.75) is 0 Å². The maximum Gasteiger partial charge on any atom is 0.229 e. The van der Waals surface area contributed by atoms with E-state index in [2.05, 4.69) is 25.3 Å². The summed E-state index contributed by atoms with van der Waals surface area (Å²) in [4.78, 5) is 7.75. The molecular formula is C17H16F2N6O2S. The highest BCUT2D eigenvalue weighted by Gasteiger charge is 2.13. The van der Waals surface area contributed by atoms with Crippen LogP contribution in [-0.4, -0.2) is 24.6 Å². The summed E-state index contributed by atoms with van der Waals surface area (Å²) < 4.78 is 53.3. The molecular weight excluding hydrogens is 390 g/mol. The number of nitrogen functional groups attached to an aromatic ring is 1. The zero-order chi connectivity index (χ0) is 20.3. The minimum atomic E-state index is -3.54. The van der Waals surface area contributed by atoms with Crippen molar-refractivity contribution in [2.24, 2.45) is 0 Å². The second kappa shape index (κ2) is 7.64. The first-order valence-electron chi connectivity index (χ1n) is 7.90. The van der Waals surface area contributed by atoms with Crippen molar-refractivity contribution in [3.8, 4) is 0 Å². The zero-order valence-electron chi connectivity index (χ0n) is 14.6. The number of anilines is 6. The van der Waals surface area contributed by atoms with E-state index < -0.39 is 21.7 Å². The van der Waals surface area contributed by atoms with Crippen LogP contribution in [0.4, 0.5) is 43.3 Å². The summed E-state index contributed by atoms with van der Waals surface area (Å²) in [6, 6.07) is 10.2. The molecule has 0 aliphatic rings. The van der Waals surface area contributed by atoms with Crippen LogP contribution in [0.5, 0.6) is 0 Å². The van der Waals surface area contributed by atoms with Crippen LogP contribution >= 0.6 is 0 Å². The predicted molar refractivity (Wildman–Crippen MR) is 104 cm³/mol. The van der Waals surface area contributed by atoms with Crippen LogP contribution in [-0.2, 0) is 10.0 Å². The van der Waals surface area contributed by atoms with Gasteiger partial charge in [0.15, 0.2) is 11.6 Å². The smallest absolute Gasteiger partial charge is 0.229 e. The van der Waals surface area contributed by atoms with Crippen LogP contribution in [0.25, 0.3) is 0 Å². The summed E-state index contributed by atoms with van der Waals surface area (Å²) in [5.41, 5.74) is 6.46. The van der Waals surface area contributed by atoms with E-state index in [0.29, 0.717) is 5.69 Å². The predicted octanol–water partition coefficient (Wildman–Crippen LogP) is 3.20. The largest absolute Gasteiger partial charge is 0.399 e. The van der Waals surface area contributed by atoms with E-state index in [1.54, 1.807) is 18.2 Å². The summed E-state index contributed by atoms with van der Waals surface area (Å²) in [5.74, 6) is -1.68. The molecule has 11 heteroatoms. The molecule has 146 valence electrons. The molecule has 0 amide bonds. The van der Waals surface area contributed by atoms with Crippen molar-refractivity contribution < 1.29 is 17.2 Å². The van der Waals surface area contributed by atoms with Gasteiger partial charge in [0.2, 0.25) is 16.0 Å². The van der Waals surface area contributed by atoms with E-state index >= 15 is 0 Å². The van der Waals surface area contributed by atoms with Crippen molar-refractivity contribution in [2.75, 3.05) is 27.3 Å². The highest BCUT2D eigenvalue weighted by atomic mass is 32.2. The van der Waals surface area contributed by atoms with Crippen molar-refractivity contribution in [1.29, 1.82) is 0 Å². The van der Waals surface area contributed by atoms with Gasteiger partial charge in [-0.25, -0.2) is 22.2 Å². The number of sulfonamides is 1. The van der Waals surface area contributed by atoms with Crippen LogP contribution in [0.1, 0.15) is 0 Å². The molecule has 0 spiro atoms. The Balaban J connectivity index is 1.90. The molecule has 0 saturated carbocycles. The molecule has 1 heterocycles. The molecule has 0 unspecified atom stereocenters. The van der Waals surface area contributed by atoms with E-state index in [0.717, 1.165) is 12.5 Å². The van der Waals surface area contributed by atoms with Crippen LogP contribution in [0, 0.1) is 11.6 Å². The number of nitrogens with zero attached hydrogens (tertiary/aromatic N) is 2. The van der Waals surface area contributed by atoms with Gasteiger partial charge < -0.3 is 16.4 Å². The highest BCUT2D eigenvalue weighted by molar-refractivity contribution is 7.92. The highest BCUT2D eigenvalue weighted by Crippen LogP contribution is 2.27. The molecule has 8 nitrogen and oxygen atoms in total. The van der Waals surface area contributed by atoms with Crippen molar-refractivity contribution in [1.82, 2.24) is 9.97 Å². The Morgan fingerprint density at radius 1 is 0.964 bits per heavy atom. The van der Waals surface area contributed by atoms with Gasteiger partial charge in [-0.05, 0) is 30.3 Å². The molecule has 1 aromatic heterocycles. The lowest BCUT2D eigenvalue weighted by Gasteiger charge is -2.13. The number of nitrogens with one attached hydrogen (secondary N) is 3. The molecule has 3 rings (SSSR count). The second-order valence-electron chi connectivity index (χ2n) is 5.80. The number of hydrogen-bond donors (Lipinski definition) is 4. The SMILES string of the molecule is CS(=O)(=O)Nc1ccccc1Nc1nc(Nc2cc(N)ccc2F)ncc1F. The van der Waals surface area contributed by atoms with Gasteiger partial charge in [-0.1, -0.05) is 12.1 Å². The van der Waals surface area contributed by atoms with E-state index in [-0.39, 0.29) is 28.8 Å². The first-order chi connectivity index (χ1) is 13.2. The van der Waals surface area contributed by atoms with Gasteiger partial charge in [-0.3, -0.25) is 4.72 Å². The number of aromatic nitrogens is 2. The minimum absolute atomic E-state index is 0.0247. The fraction of sp³-hybridized carbons (Fsp3) is 0.0588. The molecule has 0 bridgehead atoms. The fourth-order valence-electron chi connectivity index (χ4n) is 2.28. The standard InChI is InChI=1S/C17H16F2N6O2S/c1-28(26,27)25-14-5-3-2-4-13(14)22-16-12(19)9-21-17(24-16)23-15-8-10(20)6-7-11(15)18/h2-9,25H,20H2,1H3,(H2,21,22,23,24). The Morgan fingerprint density at radius 2 is 1.68 bits per heavy atom. The van der Waals surface area contributed by atoms with Gasteiger partial charge in [-0.2, -0.15) is 4.98 Å². The molecule has 0 fully saturated rings. The monoisotopic (exact) mass is 406 g/mol. The van der Waals surface area contributed by atoms with E-state index in [1.165, 1.54) is 24.3 Å². The second-order valence-corrected chi connectivity index (χ2v) is 7.55. The number of para-hydroxylation sites is 2. The quantitative estimate of drug-likeness (QED) is 0.464. The number of hydrogen-bond acceptors (Lipinski definition) is 7. The summed E-state index contributed by atoms with van der Waals surface area (Å²) in [6.45, 7) is 0. The van der Waals surface area contributed by atoms with E-state index in [4.69, 9.17) is 5.73 Å². The zero-order valence-corrected chi connectivity index (χ0v) is 15.4. The molecule has 3 aromatic rings. The number of rotatable bonds is 6. The Kier molecular flexibility index (Phi) is 5.27.